The summed E-state index contributed by atoms with van der Waals surface area (Å²) in [6.07, 6.45) is 2.44. The van der Waals surface area contributed by atoms with Crippen LogP contribution in [0.25, 0.3) is 16.7 Å². The molecule has 0 unspecified atom stereocenters. The van der Waals surface area contributed by atoms with Crippen LogP contribution in [-0.2, 0) is 9.53 Å². The van der Waals surface area contributed by atoms with Gasteiger partial charge in [0.25, 0.3) is 0 Å². The van der Waals surface area contributed by atoms with E-state index in [-0.39, 0.29) is 23.9 Å². The van der Waals surface area contributed by atoms with Gasteiger partial charge in [0.1, 0.15) is 5.56 Å². The molecule has 0 atom stereocenters. The smallest absolute Gasteiger partial charge is 0.343 e. The molecule has 0 saturated carbocycles. The van der Waals surface area contributed by atoms with Crippen molar-refractivity contribution in [2.24, 2.45) is 0 Å². The average molecular weight is 394 g/mol. The van der Waals surface area contributed by atoms with Crippen molar-refractivity contribution in [1.29, 1.82) is 0 Å². The van der Waals surface area contributed by atoms with Crippen molar-refractivity contribution in [3.05, 3.63) is 46.6 Å². The van der Waals surface area contributed by atoms with Crippen molar-refractivity contribution in [3.63, 3.8) is 0 Å². The zero-order chi connectivity index (χ0) is 21.1. The van der Waals surface area contributed by atoms with E-state index in [4.69, 9.17) is 9.72 Å². The Morgan fingerprint density at radius 1 is 1.10 bits per heavy atom. The number of aromatic nitrogens is 3. The third kappa shape index (κ3) is 4.13. The fraction of sp³-hybridized carbons (Fsp3) is 0.364. The van der Waals surface area contributed by atoms with Crippen molar-refractivity contribution in [3.8, 4) is 5.82 Å². The van der Waals surface area contributed by atoms with Gasteiger partial charge in [0.2, 0.25) is 5.91 Å². The highest BCUT2D eigenvalue weighted by Crippen LogP contribution is 2.27. The minimum atomic E-state index is -0.533. The zero-order valence-electron chi connectivity index (χ0n) is 17.5. The van der Waals surface area contributed by atoms with Gasteiger partial charge in [-0.1, -0.05) is 18.6 Å². The van der Waals surface area contributed by atoms with E-state index in [2.05, 4.69) is 29.5 Å². The Balaban J connectivity index is 2.17. The summed E-state index contributed by atoms with van der Waals surface area (Å²) in [4.78, 5) is 29.4. The zero-order valence-corrected chi connectivity index (χ0v) is 17.5. The molecule has 3 aromatic rings. The molecular formula is C22H26N4O3. The molecule has 0 aliphatic carbocycles. The Hall–Kier alpha value is -3.22. The number of ether oxygens (including phenoxy) is 1. The molecule has 1 amide bonds. The van der Waals surface area contributed by atoms with Gasteiger partial charge in [-0.2, -0.15) is 9.78 Å². The molecule has 0 aliphatic rings. The normalized spacial score (nSPS) is 10.9. The number of benzene rings is 1. The SMILES string of the molecule is CCCC(=O)Nc1c(C(=O)OCC)cnn1-c1cc(C)c2cc(C)cc(C)c2n1. The van der Waals surface area contributed by atoms with Crippen LogP contribution in [0, 0.1) is 20.8 Å². The molecule has 1 aromatic carbocycles. The van der Waals surface area contributed by atoms with Gasteiger partial charge < -0.3 is 10.1 Å². The van der Waals surface area contributed by atoms with Crippen molar-refractivity contribution in [2.75, 3.05) is 11.9 Å². The van der Waals surface area contributed by atoms with E-state index in [1.54, 1.807) is 6.92 Å². The number of carbonyl (C=O) groups is 2. The number of hydrogen-bond acceptors (Lipinski definition) is 5. The summed E-state index contributed by atoms with van der Waals surface area (Å²) in [5.74, 6) is 0.0844. The average Bonchev–Trinajstić information content (AvgIpc) is 3.06. The first-order valence-corrected chi connectivity index (χ1v) is 9.79. The summed E-state index contributed by atoms with van der Waals surface area (Å²) < 4.78 is 6.61. The van der Waals surface area contributed by atoms with Crippen LogP contribution in [0.2, 0.25) is 0 Å². The minimum absolute atomic E-state index is 0.191. The maximum absolute atomic E-state index is 12.4. The van der Waals surface area contributed by atoms with Crippen LogP contribution in [0.3, 0.4) is 0 Å². The summed E-state index contributed by atoms with van der Waals surface area (Å²) in [5.41, 5.74) is 4.33. The van der Waals surface area contributed by atoms with Crippen molar-refractivity contribution in [1.82, 2.24) is 14.8 Å². The van der Waals surface area contributed by atoms with E-state index in [1.807, 2.05) is 26.8 Å². The molecule has 7 heteroatoms. The quantitative estimate of drug-likeness (QED) is 0.631. The molecule has 0 bridgehead atoms. The number of anilines is 1. The Bertz CT molecular complexity index is 1090. The van der Waals surface area contributed by atoms with Crippen LogP contribution in [0.4, 0.5) is 5.82 Å². The van der Waals surface area contributed by atoms with Gasteiger partial charge in [-0.15, -0.1) is 0 Å². The number of nitrogens with one attached hydrogen (secondary N) is 1. The molecule has 0 radical (unpaired) electrons. The number of rotatable bonds is 6. The van der Waals surface area contributed by atoms with Gasteiger partial charge in [0, 0.05) is 11.8 Å². The summed E-state index contributed by atoms with van der Waals surface area (Å²) in [6, 6.07) is 6.08. The largest absolute Gasteiger partial charge is 0.462 e. The first-order chi connectivity index (χ1) is 13.8. The number of pyridine rings is 1. The number of hydrogen-bond donors (Lipinski definition) is 1. The first kappa shape index (κ1) is 20.5. The molecule has 152 valence electrons. The van der Waals surface area contributed by atoms with Crippen LogP contribution in [0.1, 0.15) is 53.7 Å². The molecule has 0 saturated heterocycles. The van der Waals surface area contributed by atoms with Crippen LogP contribution in [-0.4, -0.2) is 33.2 Å². The van der Waals surface area contributed by atoms with E-state index in [1.165, 1.54) is 16.4 Å². The highest BCUT2D eigenvalue weighted by atomic mass is 16.5. The third-order valence-corrected chi connectivity index (χ3v) is 4.66. The third-order valence-electron chi connectivity index (χ3n) is 4.66. The van der Waals surface area contributed by atoms with Gasteiger partial charge in [-0.25, -0.2) is 9.78 Å². The second kappa shape index (κ2) is 8.43. The predicted molar refractivity (Wildman–Crippen MR) is 113 cm³/mol. The Kier molecular flexibility index (Phi) is 5.96. The first-order valence-electron chi connectivity index (χ1n) is 9.79. The van der Waals surface area contributed by atoms with Gasteiger partial charge in [-0.3, -0.25) is 4.79 Å². The fourth-order valence-electron chi connectivity index (χ4n) is 3.36. The summed E-state index contributed by atoms with van der Waals surface area (Å²) in [6.45, 7) is 9.97. The standard InChI is InChI=1S/C22H26N4O3/c1-6-8-19(27)25-21-17(22(28)29-7-2)12-23-26(21)18-11-14(4)16-10-13(3)9-15(5)20(16)24-18/h9-12H,6-8H2,1-5H3,(H,25,27). The number of nitrogens with zero attached hydrogens (tertiary/aromatic N) is 3. The number of carbonyl (C=O) groups excluding carboxylic acids is 2. The number of amides is 1. The lowest BCUT2D eigenvalue weighted by Crippen LogP contribution is -2.18. The fourth-order valence-corrected chi connectivity index (χ4v) is 3.36. The van der Waals surface area contributed by atoms with Gasteiger partial charge in [-0.05, 0) is 57.4 Å². The molecular weight excluding hydrogens is 368 g/mol. The molecule has 0 fully saturated rings. The molecule has 2 aromatic heterocycles. The Morgan fingerprint density at radius 3 is 2.55 bits per heavy atom. The Morgan fingerprint density at radius 2 is 1.86 bits per heavy atom. The number of aryl methyl sites for hydroxylation is 3. The van der Waals surface area contributed by atoms with Crippen LogP contribution in [0.15, 0.2) is 24.4 Å². The van der Waals surface area contributed by atoms with Crippen molar-refractivity contribution in [2.45, 2.75) is 47.5 Å². The van der Waals surface area contributed by atoms with E-state index in [0.717, 1.165) is 22.0 Å². The van der Waals surface area contributed by atoms with Crippen LogP contribution in [0.5, 0.6) is 0 Å². The molecule has 0 spiro atoms. The van der Waals surface area contributed by atoms with Gasteiger partial charge in [0.05, 0.1) is 18.3 Å². The lowest BCUT2D eigenvalue weighted by atomic mass is 10.0. The molecule has 7 nitrogen and oxygen atoms in total. The highest BCUT2D eigenvalue weighted by Gasteiger charge is 2.22. The van der Waals surface area contributed by atoms with Gasteiger partial charge in [0.15, 0.2) is 11.6 Å². The second-order valence-corrected chi connectivity index (χ2v) is 7.11. The lowest BCUT2D eigenvalue weighted by molar-refractivity contribution is -0.116. The summed E-state index contributed by atoms with van der Waals surface area (Å²) in [5, 5.41) is 8.22. The van der Waals surface area contributed by atoms with Crippen molar-refractivity contribution >= 4 is 28.6 Å². The molecule has 29 heavy (non-hydrogen) atoms. The maximum Gasteiger partial charge on any atom is 0.343 e. The lowest BCUT2D eigenvalue weighted by Gasteiger charge is -2.13. The van der Waals surface area contributed by atoms with E-state index < -0.39 is 5.97 Å². The van der Waals surface area contributed by atoms with E-state index in [0.29, 0.717) is 18.7 Å². The molecule has 0 aliphatic heterocycles. The second-order valence-electron chi connectivity index (χ2n) is 7.11. The van der Waals surface area contributed by atoms with E-state index >= 15 is 0 Å². The van der Waals surface area contributed by atoms with Crippen LogP contribution < -0.4 is 5.32 Å². The highest BCUT2D eigenvalue weighted by molar-refractivity contribution is 6.00. The minimum Gasteiger partial charge on any atom is -0.462 e. The van der Waals surface area contributed by atoms with E-state index in [9.17, 15) is 9.59 Å². The predicted octanol–water partition coefficient (Wildman–Crippen LogP) is 4.26. The number of esters is 1. The van der Waals surface area contributed by atoms with Gasteiger partial charge >= 0.3 is 5.97 Å². The van der Waals surface area contributed by atoms with Crippen molar-refractivity contribution < 1.29 is 14.3 Å². The van der Waals surface area contributed by atoms with Crippen LogP contribution >= 0.6 is 0 Å². The maximum atomic E-state index is 12.4. The topological polar surface area (TPSA) is 86.1 Å². The summed E-state index contributed by atoms with van der Waals surface area (Å²) in [7, 11) is 0. The molecule has 3 rings (SSSR count). The summed E-state index contributed by atoms with van der Waals surface area (Å²) >= 11 is 0. The molecule has 2 heterocycles. The number of fused-ring (bicyclic) bond motifs is 1. The molecule has 1 N–H and O–H groups in total. The monoisotopic (exact) mass is 394 g/mol. The Labute approximate surface area is 170 Å².